The molecule has 0 aliphatic carbocycles. The third-order valence-corrected chi connectivity index (χ3v) is 4.71. The summed E-state index contributed by atoms with van der Waals surface area (Å²) < 4.78 is 10.9. The maximum Gasteiger partial charge on any atom is 0.232 e. The fraction of sp³-hybridized carbons (Fsp3) is 0.158. The molecule has 0 spiro atoms. The number of rotatable bonds is 6. The Hall–Kier alpha value is -3.46. The van der Waals surface area contributed by atoms with Crippen molar-refractivity contribution in [2.45, 2.75) is 19.9 Å². The highest BCUT2D eigenvalue weighted by Crippen LogP contribution is 2.27. The number of carbonyl (C=O) groups is 2. The molecule has 2 N–H and O–H groups in total. The predicted molar refractivity (Wildman–Crippen MR) is 104 cm³/mol. The van der Waals surface area contributed by atoms with Gasteiger partial charge in [0.1, 0.15) is 17.1 Å². The number of hydrogen-bond acceptors (Lipinski definition) is 7. The number of amides is 2. The van der Waals surface area contributed by atoms with Crippen molar-refractivity contribution in [1.29, 1.82) is 0 Å². The second kappa shape index (κ2) is 7.65. The Labute approximate surface area is 163 Å². The van der Waals surface area contributed by atoms with Gasteiger partial charge in [-0.15, -0.1) is 11.3 Å². The fourth-order valence-corrected chi connectivity index (χ4v) is 3.36. The summed E-state index contributed by atoms with van der Waals surface area (Å²) in [7, 11) is 0. The van der Waals surface area contributed by atoms with Gasteiger partial charge in [0.15, 0.2) is 16.5 Å². The molecule has 8 nitrogen and oxygen atoms in total. The first-order valence-corrected chi connectivity index (χ1v) is 9.38. The molecule has 0 radical (unpaired) electrons. The number of aromatic nitrogens is 2. The number of thiazole rings is 1. The van der Waals surface area contributed by atoms with Crippen molar-refractivity contribution in [3.05, 3.63) is 53.2 Å². The Balaban J connectivity index is 1.40. The summed E-state index contributed by atoms with van der Waals surface area (Å²) in [5, 5.41) is 12.5. The van der Waals surface area contributed by atoms with Crippen LogP contribution in [0.4, 0.5) is 5.13 Å². The van der Waals surface area contributed by atoms with Gasteiger partial charge in [-0.25, -0.2) is 4.98 Å². The second-order valence-corrected chi connectivity index (χ2v) is 6.92. The van der Waals surface area contributed by atoms with Gasteiger partial charge in [-0.1, -0.05) is 17.3 Å². The normalized spacial score (nSPS) is 10.9. The molecule has 0 saturated carbocycles. The lowest BCUT2D eigenvalue weighted by atomic mass is 10.2. The summed E-state index contributed by atoms with van der Waals surface area (Å²) in [5.41, 5.74) is 1.84. The number of hydrogen-bond donors (Lipinski definition) is 2. The topological polar surface area (TPSA) is 110 Å². The molecular formula is C19H16N4O4S. The number of benzene rings is 1. The van der Waals surface area contributed by atoms with E-state index in [1.54, 1.807) is 23.6 Å². The minimum absolute atomic E-state index is 0.0908. The van der Waals surface area contributed by atoms with Gasteiger partial charge in [0.05, 0.1) is 13.0 Å². The van der Waals surface area contributed by atoms with E-state index in [9.17, 15) is 9.59 Å². The van der Waals surface area contributed by atoms with Gasteiger partial charge in [-0.3, -0.25) is 9.59 Å². The van der Waals surface area contributed by atoms with E-state index in [4.69, 9.17) is 8.94 Å². The van der Waals surface area contributed by atoms with E-state index in [-0.39, 0.29) is 18.2 Å². The second-order valence-electron chi connectivity index (χ2n) is 6.06. The van der Waals surface area contributed by atoms with E-state index in [0.29, 0.717) is 40.2 Å². The van der Waals surface area contributed by atoms with Crippen molar-refractivity contribution in [2.75, 3.05) is 5.32 Å². The minimum atomic E-state index is -0.231. The van der Waals surface area contributed by atoms with E-state index in [1.165, 1.54) is 18.3 Å². The van der Waals surface area contributed by atoms with Gasteiger partial charge in [-0.2, -0.15) is 0 Å². The highest BCUT2D eigenvalue weighted by atomic mass is 32.1. The van der Waals surface area contributed by atoms with E-state index >= 15 is 0 Å². The monoisotopic (exact) mass is 396 g/mol. The predicted octanol–water partition coefficient (Wildman–Crippen LogP) is 3.36. The van der Waals surface area contributed by atoms with Gasteiger partial charge in [0, 0.05) is 17.7 Å². The van der Waals surface area contributed by atoms with Crippen LogP contribution in [0.5, 0.6) is 0 Å². The lowest BCUT2D eigenvalue weighted by molar-refractivity contribution is -0.119. The first-order valence-electron chi connectivity index (χ1n) is 8.50. The van der Waals surface area contributed by atoms with Crippen LogP contribution in [0, 0.1) is 0 Å². The van der Waals surface area contributed by atoms with Crippen molar-refractivity contribution in [3.8, 4) is 11.5 Å². The number of nitrogens with one attached hydrogen (secondary N) is 2. The van der Waals surface area contributed by atoms with Crippen LogP contribution in [-0.2, 0) is 22.6 Å². The first kappa shape index (κ1) is 17.9. The molecule has 142 valence electrons. The van der Waals surface area contributed by atoms with Crippen LogP contribution in [0.1, 0.15) is 18.4 Å². The van der Waals surface area contributed by atoms with E-state index in [0.717, 1.165) is 5.39 Å². The minimum Gasteiger partial charge on any atom is -0.458 e. The zero-order valence-corrected chi connectivity index (χ0v) is 15.7. The van der Waals surface area contributed by atoms with E-state index in [2.05, 4.69) is 20.8 Å². The molecule has 3 aromatic heterocycles. The molecule has 3 heterocycles. The Morgan fingerprint density at radius 3 is 2.89 bits per heavy atom. The van der Waals surface area contributed by atoms with Crippen LogP contribution < -0.4 is 10.6 Å². The van der Waals surface area contributed by atoms with Gasteiger partial charge in [0.2, 0.25) is 11.8 Å². The van der Waals surface area contributed by atoms with Crippen molar-refractivity contribution in [3.63, 3.8) is 0 Å². The van der Waals surface area contributed by atoms with E-state index in [1.807, 2.05) is 18.2 Å². The maximum atomic E-state index is 12.3. The van der Waals surface area contributed by atoms with Crippen LogP contribution in [0.2, 0.25) is 0 Å². The molecule has 0 aliphatic heterocycles. The number of furan rings is 1. The number of fused-ring (bicyclic) bond motifs is 1. The Morgan fingerprint density at radius 2 is 2.04 bits per heavy atom. The molecule has 4 aromatic rings. The average molecular weight is 396 g/mol. The highest BCUT2D eigenvalue weighted by Gasteiger charge is 2.15. The summed E-state index contributed by atoms with van der Waals surface area (Å²) in [6.07, 6.45) is 0.0908. The average Bonchev–Trinajstić information content (AvgIpc) is 3.40. The third kappa shape index (κ3) is 3.94. The number of para-hydroxylation sites is 1. The molecule has 2 amide bonds. The molecule has 1 aromatic carbocycles. The standard InChI is InChI=1S/C19H16N4O4S/c1-11(24)20-9-12-6-7-17(26-12)15-10-28-19(21-15)22-18(25)8-14-13-4-2-3-5-16(13)27-23-14/h2-7,10H,8-9H2,1H3,(H,20,24)(H,21,22,25). The number of nitrogens with zero attached hydrogens (tertiary/aromatic N) is 2. The zero-order valence-electron chi connectivity index (χ0n) is 14.9. The molecule has 0 atom stereocenters. The third-order valence-electron chi connectivity index (χ3n) is 3.96. The Kier molecular flexibility index (Phi) is 4.90. The Bertz CT molecular complexity index is 1140. The van der Waals surface area contributed by atoms with Gasteiger partial charge in [0.25, 0.3) is 0 Å². The van der Waals surface area contributed by atoms with Crippen molar-refractivity contribution in [1.82, 2.24) is 15.5 Å². The van der Waals surface area contributed by atoms with Crippen LogP contribution in [-0.4, -0.2) is 22.0 Å². The van der Waals surface area contributed by atoms with Crippen LogP contribution in [0.25, 0.3) is 22.4 Å². The molecule has 0 bridgehead atoms. The molecule has 0 aliphatic rings. The number of anilines is 1. The lowest BCUT2D eigenvalue weighted by Crippen LogP contribution is -2.18. The number of carbonyl (C=O) groups excluding carboxylic acids is 2. The van der Waals surface area contributed by atoms with Crippen molar-refractivity contribution >= 4 is 39.3 Å². The summed E-state index contributed by atoms with van der Waals surface area (Å²) in [4.78, 5) is 27.7. The smallest absolute Gasteiger partial charge is 0.232 e. The largest absolute Gasteiger partial charge is 0.458 e. The molecule has 0 fully saturated rings. The Morgan fingerprint density at radius 1 is 1.18 bits per heavy atom. The van der Waals surface area contributed by atoms with Crippen molar-refractivity contribution < 1.29 is 18.5 Å². The lowest BCUT2D eigenvalue weighted by Gasteiger charge is -1.99. The van der Waals surface area contributed by atoms with Crippen LogP contribution in [0.15, 0.2) is 50.7 Å². The van der Waals surface area contributed by atoms with E-state index < -0.39 is 0 Å². The highest BCUT2D eigenvalue weighted by molar-refractivity contribution is 7.14. The SMILES string of the molecule is CC(=O)NCc1ccc(-c2csc(NC(=O)Cc3noc4ccccc34)n2)o1. The molecular weight excluding hydrogens is 380 g/mol. The fourth-order valence-electron chi connectivity index (χ4n) is 2.65. The maximum absolute atomic E-state index is 12.3. The summed E-state index contributed by atoms with van der Waals surface area (Å²) in [6, 6.07) is 11.0. The molecule has 9 heteroatoms. The van der Waals surface area contributed by atoms with Crippen LogP contribution in [0.3, 0.4) is 0 Å². The zero-order chi connectivity index (χ0) is 19.5. The van der Waals surface area contributed by atoms with Crippen LogP contribution >= 0.6 is 11.3 Å². The molecule has 0 unspecified atom stereocenters. The summed E-state index contributed by atoms with van der Waals surface area (Å²) >= 11 is 1.30. The quantitative estimate of drug-likeness (QED) is 0.517. The summed E-state index contributed by atoms with van der Waals surface area (Å²) in [6.45, 7) is 1.76. The van der Waals surface area contributed by atoms with Gasteiger partial charge < -0.3 is 19.6 Å². The molecule has 28 heavy (non-hydrogen) atoms. The molecule has 4 rings (SSSR count). The first-order chi connectivity index (χ1) is 13.6. The van der Waals surface area contributed by atoms with Crippen molar-refractivity contribution in [2.24, 2.45) is 0 Å². The van der Waals surface area contributed by atoms with Gasteiger partial charge >= 0.3 is 0 Å². The molecule has 0 saturated heterocycles. The van der Waals surface area contributed by atoms with Gasteiger partial charge in [-0.05, 0) is 24.3 Å². The summed E-state index contributed by atoms with van der Waals surface area (Å²) in [5.74, 6) is 0.837.